The van der Waals surface area contributed by atoms with Crippen LogP contribution < -0.4 is 4.74 Å². The van der Waals surface area contributed by atoms with Gasteiger partial charge in [-0.25, -0.2) is 4.79 Å². The van der Waals surface area contributed by atoms with Gasteiger partial charge >= 0.3 is 5.97 Å². The van der Waals surface area contributed by atoms with Gasteiger partial charge in [0.1, 0.15) is 6.10 Å². The highest BCUT2D eigenvalue weighted by Crippen LogP contribution is 2.58. The third-order valence-electron chi connectivity index (χ3n) is 6.87. The van der Waals surface area contributed by atoms with E-state index < -0.39 is 17.7 Å². The van der Waals surface area contributed by atoms with Gasteiger partial charge in [0.05, 0.1) is 18.3 Å². The first-order chi connectivity index (χ1) is 13.1. The molecule has 154 valence electrons. The number of methoxy groups -OCH3 is 1. The van der Waals surface area contributed by atoms with Crippen LogP contribution >= 0.6 is 0 Å². The molecule has 2 aliphatic carbocycles. The Kier molecular flexibility index (Phi) is 5.50. The summed E-state index contributed by atoms with van der Waals surface area (Å²) < 4.78 is 11.1. The van der Waals surface area contributed by atoms with Crippen molar-refractivity contribution in [3.05, 3.63) is 35.4 Å². The normalized spacial score (nSPS) is 32.5. The third-order valence-corrected chi connectivity index (χ3v) is 6.87. The van der Waals surface area contributed by atoms with E-state index in [1.54, 1.807) is 0 Å². The Bertz CT molecular complexity index is 783. The van der Waals surface area contributed by atoms with E-state index in [9.17, 15) is 15.0 Å². The Morgan fingerprint density at radius 3 is 2.64 bits per heavy atom. The number of aromatic hydroxyl groups is 1. The zero-order chi connectivity index (χ0) is 20.7. The van der Waals surface area contributed by atoms with Gasteiger partial charge < -0.3 is 19.7 Å². The number of ether oxygens (including phenoxy) is 2. The molecule has 28 heavy (non-hydrogen) atoms. The van der Waals surface area contributed by atoms with Gasteiger partial charge in [-0.2, -0.15) is 0 Å². The first kappa shape index (κ1) is 20.7. The van der Waals surface area contributed by atoms with E-state index >= 15 is 0 Å². The van der Waals surface area contributed by atoms with Crippen molar-refractivity contribution in [2.45, 2.75) is 65.1 Å². The average Bonchev–Trinajstić information content (AvgIpc) is 2.85. The molecule has 1 aromatic rings. The zero-order valence-corrected chi connectivity index (χ0v) is 17.5. The molecular formula is C23H32O5. The lowest BCUT2D eigenvalue weighted by Crippen LogP contribution is -2.50. The van der Waals surface area contributed by atoms with Crippen molar-refractivity contribution in [1.29, 1.82) is 0 Å². The average molecular weight is 389 g/mol. The highest BCUT2D eigenvalue weighted by molar-refractivity contribution is 5.90. The molecule has 1 saturated carbocycles. The number of phenols is 1. The number of rotatable bonds is 4. The number of esters is 1. The van der Waals surface area contributed by atoms with Crippen LogP contribution in [-0.4, -0.2) is 35.0 Å². The lowest BCUT2D eigenvalue weighted by molar-refractivity contribution is -0.112. The molecule has 0 heterocycles. The Morgan fingerprint density at radius 1 is 1.29 bits per heavy atom. The fourth-order valence-corrected chi connectivity index (χ4v) is 5.09. The number of allylic oxidation sites excluding steroid dienone is 1. The second-order valence-corrected chi connectivity index (χ2v) is 9.07. The Labute approximate surface area is 167 Å². The van der Waals surface area contributed by atoms with E-state index in [1.165, 1.54) is 30.9 Å². The second kappa shape index (κ2) is 7.43. The summed E-state index contributed by atoms with van der Waals surface area (Å²) in [4.78, 5) is 12.9. The van der Waals surface area contributed by atoms with E-state index in [0.717, 1.165) is 19.3 Å². The van der Waals surface area contributed by atoms with Crippen LogP contribution in [0.2, 0.25) is 0 Å². The van der Waals surface area contributed by atoms with Crippen LogP contribution in [-0.2, 0) is 4.74 Å². The largest absolute Gasteiger partial charge is 0.504 e. The number of hydrogen-bond donors (Lipinski definition) is 2. The topological polar surface area (TPSA) is 76.0 Å². The van der Waals surface area contributed by atoms with Gasteiger partial charge in [0.25, 0.3) is 0 Å². The highest BCUT2D eigenvalue weighted by Gasteiger charge is 2.59. The molecular weight excluding hydrogens is 356 g/mol. The predicted molar refractivity (Wildman–Crippen MR) is 107 cm³/mol. The van der Waals surface area contributed by atoms with Gasteiger partial charge in [-0.3, -0.25) is 0 Å². The first-order valence-corrected chi connectivity index (χ1v) is 10.1. The first-order valence-electron chi connectivity index (χ1n) is 10.1. The molecule has 0 unspecified atom stereocenters. The van der Waals surface area contributed by atoms with Crippen molar-refractivity contribution in [2.75, 3.05) is 7.11 Å². The summed E-state index contributed by atoms with van der Waals surface area (Å²) in [6.07, 6.45) is 4.98. The Hall–Kier alpha value is -2.01. The summed E-state index contributed by atoms with van der Waals surface area (Å²) in [7, 11) is 1.44. The van der Waals surface area contributed by atoms with Crippen molar-refractivity contribution in [3.8, 4) is 11.5 Å². The van der Waals surface area contributed by atoms with Crippen LogP contribution in [0, 0.1) is 17.3 Å². The Balaban J connectivity index is 1.93. The summed E-state index contributed by atoms with van der Waals surface area (Å²) in [5, 5.41) is 21.3. The fourth-order valence-electron chi connectivity index (χ4n) is 5.09. The van der Waals surface area contributed by atoms with Gasteiger partial charge in [-0.05, 0) is 55.7 Å². The summed E-state index contributed by atoms with van der Waals surface area (Å²) in [5.74, 6) is -0.302. The molecule has 0 aliphatic heterocycles. The number of carbonyl (C=O) groups excluding carboxylic acids is 1. The molecule has 0 aromatic heterocycles. The summed E-state index contributed by atoms with van der Waals surface area (Å²) >= 11 is 0. The van der Waals surface area contributed by atoms with Crippen molar-refractivity contribution in [3.63, 3.8) is 0 Å². The number of aliphatic hydroxyl groups is 1. The molecule has 0 amide bonds. The molecule has 4 atom stereocenters. The summed E-state index contributed by atoms with van der Waals surface area (Å²) in [6.45, 7) is 8.35. The fraction of sp³-hybridized carbons (Fsp3) is 0.609. The SMILES string of the molecule is COc1cc(C(=O)O[C@H]2CC(C)=CC[C@]3(C)CC[C@@](O)(C(C)C)[C@H]23)ccc1O. The Morgan fingerprint density at radius 2 is 2.00 bits per heavy atom. The quantitative estimate of drug-likeness (QED) is 0.588. The van der Waals surface area contributed by atoms with E-state index in [1.807, 2.05) is 13.8 Å². The van der Waals surface area contributed by atoms with Crippen molar-refractivity contribution in [1.82, 2.24) is 0 Å². The maximum Gasteiger partial charge on any atom is 0.338 e. The third kappa shape index (κ3) is 3.52. The summed E-state index contributed by atoms with van der Waals surface area (Å²) in [5.41, 5.74) is 0.551. The number of hydrogen-bond acceptors (Lipinski definition) is 5. The molecule has 3 rings (SSSR count). The lowest BCUT2D eigenvalue weighted by atomic mass is 9.67. The van der Waals surface area contributed by atoms with Crippen LogP contribution in [0.3, 0.4) is 0 Å². The monoisotopic (exact) mass is 388 g/mol. The van der Waals surface area contributed by atoms with Crippen LogP contribution in [0.15, 0.2) is 29.8 Å². The molecule has 5 nitrogen and oxygen atoms in total. The number of fused-ring (bicyclic) bond motifs is 1. The molecule has 2 aliphatic rings. The van der Waals surface area contributed by atoms with Gasteiger partial charge in [-0.1, -0.05) is 32.4 Å². The van der Waals surface area contributed by atoms with Crippen LogP contribution in [0.1, 0.15) is 63.7 Å². The number of carbonyl (C=O) groups is 1. The molecule has 0 spiro atoms. The minimum absolute atomic E-state index is 0.0233. The smallest absolute Gasteiger partial charge is 0.338 e. The number of phenolic OH excluding ortho intramolecular Hbond substituents is 1. The maximum absolute atomic E-state index is 12.9. The molecule has 1 aromatic carbocycles. The molecule has 2 N–H and O–H groups in total. The minimum atomic E-state index is -0.856. The van der Waals surface area contributed by atoms with Crippen LogP contribution in [0.5, 0.6) is 11.5 Å². The van der Waals surface area contributed by atoms with Gasteiger partial charge in [0, 0.05) is 12.3 Å². The summed E-state index contributed by atoms with van der Waals surface area (Å²) in [6, 6.07) is 4.44. The molecule has 0 saturated heterocycles. The van der Waals surface area contributed by atoms with Crippen LogP contribution in [0.4, 0.5) is 0 Å². The van der Waals surface area contributed by atoms with E-state index in [-0.39, 0.29) is 28.7 Å². The van der Waals surface area contributed by atoms with Crippen molar-refractivity contribution >= 4 is 5.97 Å². The van der Waals surface area contributed by atoms with Crippen LogP contribution in [0.25, 0.3) is 0 Å². The van der Waals surface area contributed by atoms with Crippen molar-refractivity contribution < 1.29 is 24.5 Å². The maximum atomic E-state index is 12.9. The molecule has 5 heteroatoms. The lowest BCUT2D eigenvalue weighted by Gasteiger charge is -2.43. The standard InChI is InChI=1S/C23H32O5/c1-14(2)23(26)11-10-22(4)9-8-15(3)12-19(20(22)23)28-21(25)16-6-7-17(24)18(13-16)27-5/h6-8,13-14,19-20,24,26H,9-12H2,1-5H3/t19-,20+,22+,23+/m0/s1. The minimum Gasteiger partial charge on any atom is -0.504 e. The zero-order valence-electron chi connectivity index (χ0n) is 17.5. The van der Waals surface area contributed by atoms with Gasteiger partial charge in [0.2, 0.25) is 0 Å². The molecule has 1 fully saturated rings. The van der Waals surface area contributed by atoms with E-state index in [4.69, 9.17) is 9.47 Å². The predicted octanol–water partition coefficient (Wildman–Crippen LogP) is 4.47. The second-order valence-electron chi connectivity index (χ2n) is 9.07. The van der Waals surface area contributed by atoms with E-state index in [2.05, 4.69) is 19.9 Å². The van der Waals surface area contributed by atoms with Gasteiger partial charge in [-0.15, -0.1) is 0 Å². The molecule has 0 bridgehead atoms. The van der Waals surface area contributed by atoms with Crippen molar-refractivity contribution in [2.24, 2.45) is 17.3 Å². The highest BCUT2D eigenvalue weighted by atomic mass is 16.5. The van der Waals surface area contributed by atoms with E-state index in [0.29, 0.717) is 12.0 Å². The number of benzene rings is 1. The molecule has 0 radical (unpaired) electrons. The van der Waals surface area contributed by atoms with Gasteiger partial charge in [0.15, 0.2) is 11.5 Å².